The van der Waals surface area contributed by atoms with Gasteiger partial charge in [0.25, 0.3) is 0 Å². The Hall–Kier alpha value is -0.840. The van der Waals surface area contributed by atoms with Gasteiger partial charge >= 0.3 is 5.69 Å². The van der Waals surface area contributed by atoms with Crippen molar-refractivity contribution in [2.75, 3.05) is 0 Å². The van der Waals surface area contributed by atoms with Gasteiger partial charge in [0.05, 0.1) is 0 Å². The van der Waals surface area contributed by atoms with Crippen molar-refractivity contribution in [3.8, 4) is 0 Å². The molecule has 1 fully saturated rings. The zero-order valence-electron chi connectivity index (χ0n) is 8.25. The molecule has 0 bridgehead atoms. The van der Waals surface area contributed by atoms with E-state index >= 15 is 0 Å². The topological polar surface area (TPSA) is 53.6 Å². The number of nitrogens with one attached hydrogen (secondary N) is 2. The molecule has 1 aromatic rings. The van der Waals surface area contributed by atoms with Gasteiger partial charge in [0, 0.05) is 6.54 Å². The summed E-state index contributed by atoms with van der Waals surface area (Å²) >= 11 is 5.01. The van der Waals surface area contributed by atoms with Crippen molar-refractivity contribution in [1.82, 2.24) is 14.8 Å². The minimum atomic E-state index is -0.116. The summed E-state index contributed by atoms with van der Waals surface area (Å²) in [4.78, 5) is 11.3. The summed E-state index contributed by atoms with van der Waals surface area (Å²) in [5.41, 5.74) is -0.116. The van der Waals surface area contributed by atoms with Gasteiger partial charge in [0.15, 0.2) is 4.77 Å². The molecule has 0 spiro atoms. The van der Waals surface area contributed by atoms with E-state index in [0.29, 0.717) is 10.7 Å². The first-order valence-corrected chi connectivity index (χ1v) is 5.45. The Morgan fingerprint density at radius 3 is 2.79 bits per heavy atom. The van der Waals surface area contributed by atoms with Gasteiger partial charge in [0.2, 0.25) is 0 Å². The molecule has 2 atom stereocenters. The molecule has 5 heteroatoms. The molecule has 0 aromatic carbocycles. The summed E-state index contributed by atoms with van der Waals surface area (Å²) in [5, 5.41) is 5.16. The van der Waals surface area contributed by atoms with Crippen molar-refractivity contribution in [1.29, 1.82) is 0 Å². The highest BCUT2D eigenvalue weighted by atomic mass is 32.1. The Bertz CT molecular complexity index is 389. The van der Waals surface area contributed by atoms with E-state index in [1.54, 1.807) is 4.57 Å². The standard InChI is InChI=1S/C9H15N3OS/c1-6-2-3-7(4-6)5-12-8(13)10-11-9(12)14/h6-7H,2-5H2,1H3,(H,10,13)(H,11,14). The fourth-order valence-corrected chi connectivity index (χ4v) is 2.46. The molecule has 0 aliphatic heterocycles. The molecular weight excluding hydrogens is 198 g/mol. The molecule has 1 aliphatic carbocycles. The van der Waals surface area contributed by atoms with Crippen molar-refractivity contribution >= 4 is 12.2 Å². The van der Waals surface area contributed by atoms with Crippen molar-refractivity contribution in [3.63, 3.8) is 0 Å². The highest BCUT2D eigenvalue weighted by molar-refractivity contribution is 7.71. The number of hydrogen-bond donors (Lipinski definition) is 2. The number of H-pyrrole nitrogens is 2. The Morgan fingerprint density at radius 2 is 2.29 bits per heavy atom. The number of aromatic nitrogens is 3. The lowest BCUT2D eigenvalue weighted by Crippen LogP contribution is -2.20. The summed E-state index contributed by atoms with van der Waals surface area (Å²) in [6, 6.07) is 0. The lowest BCUT2D eigenvalue weighted by atomic mass is 10.1. The number of nitrogens with zero attached hydrogens (tertiary/aromatic N) is 1. The second-order valence-electron chi connectivity index (χ2n) is 4.26. The molecule has 0 saturated heterocycles. The predicted octanol–water partition coefficient (Wildman–Crippen LogP) is 1.67. The minimum absolute atomic E-state index is 0.116. The van der Waals surface area contributed by atoms with Crippen LogP contribution in [-0.4, -0.2) is 14.8 Å². The third-order valence-corrected chi connectivity index (χ3v) is 3.33. The minimum Gasteiger partial charge on any atom is -0.272 e. The number of rotatable bonds is 2. The van der Waals surface area contributed by atoms with Gasteiger partial charge in [-0.2, -0.15) is 0 Å². The first-order valence-electron chi connectivity index (χ1n) is 5.04. The van der Waals surface area contributed by atoms with Crippen molar-refractivity contribution in [3.05, 3.63) is 15.3 Å². The maximum Gasteiger partial charge on any atom is 0.342 e. The van der Waals surface area contributed by atoms with E-state index in [9.17, 15) is 4.79 Å². The lowest BCUT2D eigenvalue weighted by molar-refractivity contribution is 0.431. The smallest absolute Gasteiger partial charge is 0.272 e. The maximum absolute atomic E-state index is 11.3. The van der Waals surface area contributed by atoms with Crippen LogP contribution in [-0.2, 0) is 6.54 Å². The molecule has 78 valence electrons. The molecule has 2 rings (SSSR count). The van der Waals surface area contributed by atoms with Gasteiger partial charge in [-0.15, -0.1) is 0 Å². The van der Waals surface area contributed by atoms with Crippen molar-refractivity contribution in [2.45, 2.75) is 32.7 Å². The second kappa shape index (κ2) is 3.73. The molecular formula is C9H15N3OS. The summed E-state index contributed by atoms with van der Waals surface area (Å²) < 4.78 is 2.13. The first-order chi connectivity index (χ1) is 6.66. The van der Waals surface area contributed by atoms with Crippen LogP contribution in [0.5, 0.6) is 0 Å². The van der Waals surface area contributed by atoms with Crippen LogP contribution >= 0.6 is 12.2 Å². The Kier molecular flexibility index (Phi) is 2.58. The summed E-state index contributed by atoms with van der Waals surface area (Å²) in [6.45, 7) is 3.03. The number of hydrogen-bond acceptors (Lipinski definition) is 2. The van der Waals surface area contributed by atoms with E-state index in [0.717, 1.165) is 12.5 Å². The molecule has 1 aromatic heterocycles. The van der Waals surface area contributed by atoms with Crippen LogP contribution in [0.15, 0.2) is 4.79 Å². The monoisotopic (exact) mass is 213 g/mol. The highest BCUT2D eigenvalue weighted by Crippen LogP contribution is 2.30. The molecule has 2 unspecified atom stereocenters. The maximum atomic E-state index is 11.3. The third-order valence-electron chi connectivity index (χ3n) is 3.01. The fourth-order valence-electron chi connectivity index (χ4n) is 2.25. The van der Waals surface area contributed by atoms with Crippen LogP contribution in [0.25, 0.3) is 0 Å². The van der Waals surface area contributed by atoms with Crippen LogP contribution in [0.2, 0.25) is 0 Å². The predicted molar refractivity (Wildman–Crippen MR) is 56.7 cm³/mol. The molecule has 0 amide bonds. The average molecular weight is 213 g/mol. The van der Waals surface area contributed by atoms with Gasteiger partial charge in [-0.25, -0.2) is 9.89 Å². The summed E-state index contributed by atoms with van der Waals surface area (Å²) in [6.07, 6.45) is 3.71. The van der Waals surface area contributed by atoms with Crippen LogP contribution < -0.4 is 5.69 Å². The van der Waals surface area contributed by atoms with E-state index in [1.165, 1.54) is 19.3 Å². The summed E-state index contributed by atoms with van der Waals surface area (Å²) in [7, 11) is 0. The Labute approximate surface area is 87.3 Å². The quantitative estimate of drug-likeness (QED) is 0.734. The molecule has 1 saturated carbocycles. The van der Waals surface area contributed by atoms with Crippen LogP contribution in [0.4, 0.5) is 0 Å². The van der Waals surface area contributed by atoms with Crippen molar-refractivity contribution in [2.24, 2.45) is 11.8 Å². The van der Waals surface area contributed by atoms with E-state index in [1.807, 2.05) is 0 Å². The zero-order valence-corrected chi connectivity index (χ0v) is 9.06. The third kappa shape index (κ3) is 1.82. The fraction of sp³-hybridized carbons (Fsp3) is 0.778. The van der Waals surface area contributed by atoms with Crippen LogP contribution in [0.3, 0.4) is 0 Å². The van der Waals surface area contributed by atoms with Gasteiger partial charge < -0.3 is 0 Å². The highest BCUT2D eigenvalue weighted by Gasteiger charge is 2.22. The number of aromatic amines is 2. The van der Waals surface area contributed by atoms with E-state index in [-0.39, 0.29) is 5.69 Å². The first kappa shape index (κ1) is 9.71. The molecule has 14 heavy (non-hydrogen) atoms. The Balaban J connectivity index is 2.11. The van der Waals surface area contributed by atoms with E-state index < -0.39 is 0 Å². The molecule has 0 radical (unpaired) electrons. The normalized spacial score (nSPS) is 26.9. The van der Waals surface area contributed by atoms with E-state index in [2.05, 4.69) is 17.1 Å². The van der Waals surface area contributed by atoms with Crippen LogP contribution in [0.1, 0.15) is 26.2 Å². The molecule has 2 N–H and O–H groups in total. The molecule has 1 heterocycles. The van der Waals surface area contributed by atoms with Crippen molar-refractivity contribution < 1.29 is 0 Å². The average Bonchev–Trinajstić information content (AvgIpc) is 2.67. The Morgan fingerprint density at radius 1 is 1.50 bits per heavy atom. The SMILES string of the molecule is CC1CCC(Cn2c(=O)[nH][nH]c2=S)C1. The largest absolute Gasteiger partial charge is 0.342 e. The zero-order chi connectivity index (χ0) is 10.1. The van der Waals surface area contributed by atoms with Gasteiger partial charge in [-0.05, 0) is 36.9 Å². The molecule has 1 aliphatic rings. The molecule has 4 nitrogen and oxygen atoms in total. The summed E-state index contributed by atoms with van der Waals surface area (Å²) in [5.74, 6) is 1.42. The second-order valence-corrected chi connectivity index (χ2v) is 4.64. The van der Waals surface area contributed by atoms with Gasteiger partial charge in [-0.1, -0.05) is 13.3 Å². The van der Waals surface area contributed by atoms with Gasteiger partial charge in [-0.3, -0.25) is 9.67 Å². The van der Waals surface area contributed by atoms with Gasteiger partial charge in [0.1, 0.15) is 0 Å². The lowest BCUT2D eigenvalue weighted by Gasteiger charge is -2.08. The van der Waals surface area contributed by atoms with Crippen LogP contribution in [0, 0.1) is 16.6 Å². The van der Waals surface area contributed by atoms with E-state index in [4.69, 9.17) is 12.2 Å².